The topological polar surface area (TPSA) is 53.7 Å². The van der Waals surface area contributed by atoms with Crippen LogP contribution >= 0.6 is 11.6 Å². The number of nitrogens with zero attached hydrogens (tertiary/aromatic N) is 5. The third kappa shape index (κ3) is 2.88. The number of hydrogen-bond acceptors (Lipinski definition) is 4. The van der Waals surface area contributed by atoms with Crippen molar-refractivity contribution in [3.8, 4) is 11.3 Å². The minimum Gasteiger partial charge on any atom is -0.332 e. The van der Waals surface area contributed by atoms with Crippen molar-refractivity contribution < 1.29 is 9.18 Å². The van der Waals surface area contributed by atoms with E-state index in [1.807, 2.05) is 35.0 Å². The van der Waals surface area contributed by atoms with Crippen molar-refractivity contribution in [2.24, 2.45) is 4.99 Å². The molecular weight excluding hydrogens is 429 g/mol. The summed E-state index contributed by atoms with van der Waals surface area (Å²) in [7, 11) is 1.78. The normalized spacial score (nSPS) is 21.5. The van der Waals surface area contributed by atoms with Crippen molar-refractivity contribution in [1.29, 1.82) is 0 Å². The van der Waals surface area contributed by atoms with Crippen LogP contribution < -0.4 is 4.90 Å². The van der Waals surface area contributed by atoms with Crippen molar-refractivity contribution >= 4 is 29.2 Å². The third-order valence-electron chi connectivity index (χ3n) is 6.65. The SMILES string of the molecule is CN1C(=O)c2cn(Cc3ccc(-c4cccc(F)n4)cc3)c(Cl)c2N2C1=NC1CCCC12. The molecule has 3 aromatic rings. The molecule has 0 N–H and O–H groups in total. The molecule has 1 fully saturated rings. The fourth-order valence-electron chi connectivity index (χ4n) is 5.09. The first-order valence-electron chi connectivity index (χ1n) is 10.8. The van der Waals surface area contributed by atoms with Gasteiger partial charge in [-0.2, -0.15) is 4.39 Å². The number of pyridine rings is 1. The van der Waals surface area contributed by atoms with E-state index in [4.69, 9.17) is 16.6 Å². The lowest BCUT2D eigenvalue weighted by Gasteiger charge is -2.35. The first-order valence-corrected chi connectivity index (χ1v) is 11.1. The number of benzene rings is 1. The lowest BCUT2D eigenvalue weighted by molar-refractivity contribution is 0.0865. The van der Waals surface area contributed by atoms with Gasteiger partial charge in [-0.25, -0.2) is 9.98 Å². The number of carbonyl (C=O) groups excluding carboxylic acids is 1. The van der Waals surface area contributed by atoms with Gasteiger partial charge in [0.25, 0.3) is 5.91 Å². The first-order chi connectivity index (χ1) is 15.5. The zero-order valence-corrected chi connectivity index (χ0v) is 18.3. The second-order valence-electron chi connectivity index (χ2n) is 8.58. The zero-order valence-electron chi connectivity index (χ0n) is 17.5. The van der Waals surface area contributed by atoms with Gasteiger partial charge in [0.05, 0.1) is 29.0 Å². The van der Waals surface area contributed by atoms with Gasteiger partial charge < -0.3 is 9.47 Å². The highest BCUT2D eigenvalue weighted by molar-refractivity contribution is 6.36. The zero-order chi connectivity index (χ0) is 22.0. The Kier molecular flexibility index (Phi) is 4.37. The molecular formula is C24H21ClFN5O. The van der Waals surface area contributed by atoms with Gasteiger partial charge in [0.15, 0.2) is 0 Å². The van der Waals surface area contributed by atoms with E-state index in [1.165, 1.54) is 6.07 Å². The number of guanidine groups is 1. The monoisotopic (exact) mass is 449 g/mol. The van der Waals surface area contributed by atoms with E-state index in [9.17, 15) is 9.18 Å². The molecule has 1 amide bonds. The Bertz CT molecular complexity index is 1270. The van der Waals surface area contributed by atoms with Crippen molar-refractivity contribution in [2.45, 2.75) is 37.9 Å². The van der Waals surface area contributed by atoms with Crippen LogP contribution in [0, 0.1) is 5.95 Å². The molecule has 2 aliphatic heterocycles. The molecule has 32 heavy (non-hydrogen) atoms. The van der Waals surface area contributed by atoms with E-state index >= 15 is 0 Å². The summed E-state index contributed by atoms with van der Waals surface area (Å²) in [6.07, 6.45) is 5.08. The highest BCUT2D eigenvalue weighted by Crippen LogP contribution is 2.44. The maximum atomic E-state index is 13.4. The molecule has 2 unspecified atom stereocenters. The van der Waals surface area contributed by atoms with Crippen LogP contribution in [0.1, 0.15) is 35.2 Å². The van der Waals surface area contributed by atoms with E-state index in [1.54, 1.807) is 24.1 Å². The van der Waals surface area contributed by atoms with Gasteiger partial charge in [-0.3, -0.25) is 9.69 Å². The number of carbonyl (C=O) groups is 1. The molecule has 162 valence electrons. The Hall–Kier alpha value is -3.19. The van der Waals surface area contributed by atoms with Crippen LogP contribution in [-0.4, -0.2) is 45.4 Å². The first kappa shape index (κ1) is 19.5. The third-order valence-corrected chi connectivity index (χ3v) is 7.05. The summed E-state index contributed by atoms with van der Waals surface area (Å²) in [6, 6.07) is 13.0. The van der Waals surface area contributed by atoms with Gasteiger partial charge in [0, 0.05) is 25.4 Å². The molecule has 3 aliphatic rings. The summed E-state index contributed by atoms with van der Waals surface area (Å²) in [6.45, 7) is 0.522. The Labute approximate surface area is 189 Å². The van der Waals surface area contributed by atoms with Crippen molar-refractivity contribution in [3.05, 3.63) is 70.9 Å². The maximum Gasteiger partial charge on any atom is 0.264 e. The van der Waals surface area contributed by atoms with Gasteiger partial charge >= 0.3 is 0 Å². The number of fused-ring (bicyclic) bond motifs is 5. The molecule has 0 bridgehead atoms. The molecule has 4 heterocycles. The molecule has 6 rings (SSSR count). The number of rotatable bonds is 3. The number of amides is 1. The van der Waals surface area contributed by atoms with Crippen molar-refractivity contribution in [2.75, 3.05) is 11.9 Å². The average molecular weight is 450 g/mol. The second kappa shape index (κ2) is 7.17. The smallest absolute Gasteiger partial charge is 0.264 e. The fourth-order valence-corrected chi connectivity index (χ4v) is 5.39. The number of hydrogen-bond donors (Lipinski definition) is 0. The number of anilines is 1. The fraction of sp³-hybridized carbons (Fsp3) is 0.292. The van der Waals surface area contributed by atoms with Crippen LogP contribution in [0.4, 0.5) is 10.1 Å². The van der Waals surface area contributed by atoms with Gasteiger partial charge in [0.2, 0.25) is 11.9 Å². The number of halogens is 2. The molecule has 2 aromatic heterocycles. The molecule has 1 aliphatic carbocycles. The molecule has 6 nitrogen and oxygen atoms in total. The highest BCUT2D eigenvalue weighted by Gasteiger charge is 2.48. The molecule has 0 spiro atoms. The van der Waals surface area contributed by atoms with E-state index in [0.717, 1.165) is 36.1 Å². The highest BCUT2D eigenvalue weighted by atomic mass is 35.5. The summed E-state index contributed by atoms with van der Waals surface area (Å²) in [4.78, 5) is 25.6. The lowest BCUT2D eigenvalue weighted by Crippen LogP contribution is -2.50. The van der Waals surface area contributed by atoms with Crippen molar-refractivity contribution in [1.82, 2.24) is 14.5 Å². The van der Waals surface area contributed by atoms with Crippen LogP contribution in [0.2, 0.25) is 5.15 Å². The average Bonchev–Trinajstić information content (AvgIpc) is 3.47. The van der Waals surface area contributed by atoms with Gasteiger partial charge in [0.1, 0.15) is 5.15 Å². The second-order valence-corrected chi connectivity index (χ2v) is 8.94. The number of aromatic nitrogens is 2. The van der Waals surface area contributed by atoms with Crippen LogP contribution in [-0.2, 0) is 6.54 Å². The summed E-state index contributed by atoms with van der Waals surface area (Å²) in [5.41, 5.74) is 3.85. The Morgan fingerprint density at radius 2 is 1.97 bits per heavy atom. The van der Waals surface area contributed by atoms with Crippen LogP contribution in [0.15, 0.2) is 53.7 Å². The predicted molar refractivity (Wildman–Crippen MR) is 122 cm³/mol. The molecule has 1 saturated carbocycles. The standard InChI is InChI=1S/C24H21ClFN5O/c1-29-23(32)16-13-30(22(25)21(16)31-19-6-2-5-18(19)28-24(29)31)12-14-8-10-15(11-9-14)17-4-3-7-20(26)27-17/h3-4,7-11,13,18-19H,2,5-6,12H2,1H3. The van der Waals surface area contributed by atoms with Gasteiger partial charge in [-0.1, -0.05) is 41.9 Å². The van der Waals surface area contributed by atoms with Gasteiger partial charge in [-0.15, -0.1) is 0 Å². The van der Waals surface area contributed by atoms with Crippen molar-refractivity contribution in [3.63, 3.8) is 0 Å². The minimum atomic E-state index is -0.500. The van der Waals surface area contributed by atoms with Gasteiger partial charge in [-0.05, 0) is 37.0 Å². The number of aliphatic imine (C=N–C) groups is 1. The lowest BCUT2D eigenvalue weighted by atomic mass is 10.1. The Morgan fingerprint density at radius 3 is 2.75 bits per heavy atom. The molecule has 2 atom stereocenters. The van der Waals surface area contributed by atoms with E-state index in [0.29, 0.717) is 28.9 Å². The van der Waals surface area contributed by atoms with Crippen LogP contribution in [0.25, 0.3) is 11.3 Å². The largest absolute Gasteiger partial charge is 0.332 e. The van der Waals surface area contributed by atoms with Crippen LogP contribution in [0.3, 0.4) is 0 Å². The summed E-state index contributed by atoms with van der Waals surface area (Å²) in [5.74, 6) is 0.132. The van der Waals surface area contributed by atoms with Crippen LogP contribution in [0.5, 0.6) is 0 Å². The van der Waals surface area contributed by atoms with E-state index in [-0.39, 0.29) is 18.0 Å². The molecule has 0 radical (unpaired) electrons. The summed E-state index contributed by atoms with van der Waals surface area (Å²) < 4.78 is 15.4. The maximum absolute atomic E-state index is 13.4. The summed E-state index contributed by atoms with van der Waals surface area (Å²) >= 11 is 6.85. The Morgan fingerprint density at radius 1 is 1.16 bits per heavy atom. The predicted octanol–water partition coefficient (Wildman–Crippen LogP) is 4.57. The van der Waals surface area contributed by atoms with E-state index < -0.39 is 5.95 Å². The quantitative estimate of drug-likeness (QED) is 0.550. The Balaban J connectivity index is 1.33. The summed E-state index contributed by atoms with van der Waals surface area (Å²) in [5, 5.41) is 0.553. The van der Waals surface area contributed by atoms with E-state index in [2.05, 4.69) is 9.88 Å². The molecule has 8 heteroatoms. The minimum absolute atomic E-state index is 0.0804. The molecule has 1 aromatic carbocycles. The molecule has 0 saturated heterocycles.